The molecule has 3 rings (SSSR count). The minimum atomic E-state index is -4.34. The van der Waals surface area contributed by atoms with Gasteiger partial charge in [0.2, 0.25) is 0 Å². The van der Waals surface area contributed by atoms with Crippen molar-refractivity contribution in [1.29, 1.82) is 0 Å². The minimum absolute atomic E-state index is 0.107. The zero-order valence-corrected chi connectivity index (χ0v) is 17.6. The monoisotopic (exact) mass is 449 g/mol. The zero-order chi connectivity index (χ0) is 23.1. The SMILES string of the molecule is O=NC(CCC(=O)O)c1ccc(CCN2CCN(c3cccc(C(F)(F)F)c3)CC2)cc1. The summed E-state index contributed by atoms with van der Waals surface area (Å²) in [4.78, 5) is 26.0. The van der Waals surface area contributed by atoms with Crippen molar-refractivity contribution in [1.82, 2.24) is 4.90 Å². The number of nitroso groups, excluding NO2 is 1. The van der Waals surface area contributed by atoms with Crippen molar-refractivity contribution in [2.45, 2.75) is 31.5 Å². The first-order valence-electron chi connectivity index (χ1n) is 10.5. The highest BCUT2D eigenvalue weighted by Gasteiger charge is 2.31. The fourth-order valence-corrected chi connectivity index (χ4v) is 3.84. The van der Waals surface area contributed by atoms with Gasteiger partial charge in [-0.3, -0.25) is 9.69 Å². The summed E-state index contributed by atoms with van der Waals surface area (Å²) in [6.07, 6.45) is -3.47. The third-order valence-electron chi connectivity index (χ3n) is 5.75. The second-order valence-electron chi connectivity index (χ2n) is 7.92. The molecule has 1 N–H and O–H groups in total. The van der Waals surface area contributed by atoms with Crippen LogP contribution in [0.1, 0.15) is 35.6 Å². The van der Waals surface area contributed by atoms with E-state index in [0.717, 1.165) is 37.7 Å². The number of piperazine rings is 1. The second kappa shape index (κ2) is 10.6. The molecule has 0 saturated carbocycles. The number of carboxylic acid groups (broad SMARTS) is 1. The van der Waals surface area contributed by atoms with Crippen LogP contribution in [0.25, 0.3) is 0 Å². The Bertz CT molecular complexity index is 911. The van der Waals surface area contributed by atoms with Gasteiger partial charge in [0.15, 0.2) is 0 Å². The van der Waals surface area contributed by atoms with Crippen LogP contribution in [0.2, 0.25) is 0 Å². The summed E-state index contributed by atoms with van der Waals surface area (Å²) in [5, 5.41) is 11.8. The number of anilines is 1. The highest BCUT2D eigenvalue weighted by molar-refractivity contribution is 5.66. The van der Waals surface area contributed by atoms with Gasteiger partial charge in [0, 0.05) is 44.8 Å². The van der Waals surface area contributed by atoms with E-state index >= 15 is 0 Å². The molecule has 0 spiro atoms. The molecule has 0 amide bonds. The van der Waals surface area contributed by atoms with E-state index < -0.39 is 23.8 Å². The number of hydrogen-bond acceptors (Lipinski definition) is 5. The van der Waals surface area contributed by atoms with Crippen LogP contribution >= 0.6 is 0 Å². The van der Waals surface area contributed by atoms with Gasteiger partial charge in [-0.05, 0) is 42.2 Å². The second-order valence-corrected chi connectivity index (χ2v) is 7.92. The lowest BCUT2D eigenvalue weighted by atomic mass is 10.0. The number of nitrogens with zero attached hydrogens (tertiary/aromatic N) is 3. The normalized spacial score (nSPS) is 16.0. The molecule has 32 heavy (non-hydrogen) atoms. The third kappa shape index (κ3) is 6.53. The van der Waals surface area contributed by atoms with Crippen LogP contribution in [0.15, 0.2) is 53.7 Å². The van der Waals surface area contributed by atoms with Crippen molar-refractivity contribution in [3.05, 3.63) is 70.1 Å². The largest absolute Gasteiger partial charge is 0.481 e. The van der Waals surface area contributed by atoms with Gasteiger partial charge in [-0.25, -0.2) is 0 Å². The summed E-state index contributed by atoms with van der Waals surface area (Å²) in [5.41, 5.74) is 1.77. The molecule has 1 unspecified atom stereocenters. The molecular weight excluding hydrogens is 423 g/mol. The predicted molar refractivity (Wildman–Crippen MR) is 116 cm³/mol. The lowest BCUT2D eigenvalue weighted by Gasteiger charge is -2.36. The fraction of sp³-hybridized carbons (Fsp3) is 0.435. The van der Waals surface area contributed by atoms with Crippen molar-refractivity contribution in [3.8, 4) is 0 Å². The highest BCUT2D eigenvalue weighted by Crippen LogP contribution is 2.32. The number of hydrogen-bond donors (Lipinski definition) is 1. The average molecular weight is 449 g/mol. The van der Waals surface area contributed by atoms with Crippen molar-refractivity contribution >= 4 is 11.7 Å². The lowest BCUT2D eigenvalue weighted by molar-refractivity contribution is -0.138. The zero-order valence-electron chi connectivity index (χ0n) is 17.6. The molecule has 9 heteroatoms. The highest BCUT2D eigenvalue weighted by atomic mass is 19.4. The Kier molecular flexibility index (Phi) is 7.84. The van der Waals surface area contributed by atoms with Gasteiger partial charge in [-0.15, -0.1) is 0 Å². The first kappa shape index (κ1) is 23.7. The molecule has 0 aliphatic carbocycles. The first-order chi connectivity index (χ1) is 15.3. The van der Waals surface area contributed by atoms with Crippen molar-refractivity contribution in [3.63, 3.8) is 0 Å². The molecule has 0 bridgehead atoms. The van der Waals surface area contributed by atoms with E-state index in [1.165, 1.54) is 12.1 Å². The summed E-state index contributed by atoms with van der Waals surface area (Å²) < 4.78 is 38.8. The summed E-state index contributed by atoms with van der Waals surface area (Å²) >= 11 is 0. The van der Waals surface area contributed by atoms with Crippen LogP contribution in [0, 0.1) is 4.91 Å². The van der Waals surface area contributed by atoms with E-state index in [2.05, 4.69) is 10.1 Å². The molecule has 172 valence electrons. The maximum absolute atomic E-state index is 12.9. The Morgan fingerprint density at radius 1 is 1.06 bits per heavy atom. The van der Waals surface area contributed by atoms with Crippen LogP contribution in [0.5, 0.6) is 0 Å². The lowest BCUT2D eigenvalue weighted by Crippen LogP contribution is -2.47. The van der Waals surface area contributed by atoms with Crippen LogP contribution in [0.3, 0.4) is 0 Å². The van der Waals surface area contributed by atoms with E-state index in [1.807, 2.05) is 29.2 Å². The van der Waals surface area contributed by atoms with Gasteiger partial charge in [0.25, 0.3) is 0 Å². The molecule has 1 aliphatic heterocycles. The van der Waals surface area contributed by atoms with Crippen molar-refractivity contribution in [2.75, 3.05) is 37.6 Å². The number of alkyl halides is 3. The van der Waals surface area contributed by atoms with Crippen LogP contribution in [-0.4, -0.2) is 48.7 Å². The molecule has 6 nitrogen and oxygen atoms in total. The number of aliphatic carboxylic acids is 1. The quantitative estimate of drug-likeness (QED) is 0.560. The van der Waals surface area contributed by atoms with E-state index in [0.29, 0.717) is 24.3 Å². The van der Waals surface area contributed by atoms with Crippen molar-refractivity contribution in [2.24, 2.45) is 5.18 Å². The first-order valence-corrected chi connectivity index (χ1v) is 10.5. The summed E-state index contributed by atoms with van der Waals surface area (Å²) in [6, 6.07) is 12.3. The molecule has 1 saturated heterocycles. The average Bonchev–Trinajstić information content (AvgIpc) is 2.78. The van der Waals surface area contributed by atoms with E-state index in [9.17, 15) is 22.9 Å². The van der Waals surface area contributed by atoms with Gasteiger partial charge in [-0.2, -0.15) is 18.1 Å². The molecule has 1 atom stereocenters. The molecule has 2 aromatic carbocycles. The number of halogens is 3. The molecular formula is C23H26F3N3O3. The van der Waals surface area contributed by atoms with Crippen molar-refractivity contribution < 1.29 is 23.1 Å². The third-order valence-corrected chi connectivity index (χ3v) is 5.75. The number of carboxylic acids is 1. The Morgan fingerprint density at radius 2 is 1.75 bits per heavy atom. The predicted octanol–water partition coefficient (Wildman–Crippen LogP) is 4.74. The Hall–Kier alpha value is -2.94. The number of benzene rings is 2. The minimum Gasteiger partial charge on any atom is -0.481 e. The molecule has 1 aliphatic rings. The van der Waals surface area contributed by atoms with E-state index in [4.69, 9.17) is 5.11 Å². The van der Waals surface area contributed by atoms with Crippen LogP contribution < -0.4 is 4.90 Å². The van der Waals surface area contributed by atoms with Gasteiger partial charge in [-0.1, -0.05) is 35.5 Å². The van der Waals surface area contributed by atoms with Gasteiger partial charge in [0.1, 0.15) is 6.04 Å². The molecule has 2 aromatic rings. The van der Waals surface area contributed by atoms with E-state index in [-0.39, 0.29) is 12.8 Å². The maximum atomic E-state index is 12.9. The topological polar surface area (TPSA) is 73.2 Å². The van der Waals surface area contributed by atoms with Gasteiger partial charge >= 0.3 is 12.1 Å². The van der Waals surface area contributed by atoms with Gasteiger partial charge < -0.3 is 10.0 Å². The Morgan fingerprint density at radius 3 is 2.34 bits per heavy atom. The molecule has 0 radical (unpaired) electrons. The Labute approximate surface area is 184 Å². The van der Waals surface area contributed by atoms with Crippen LogP contribution in [-0.2, 0) is 17.4 Å². The number of carbonyl (C=O) groups is 1. The Balaban J connectivity index is 1.48. The molecule has 1 heterocycles. The van der Waals surface area contributed by atoms with E-state index in [1.54, 1.807) is 6.07 Å². The fourth-order valence-electron chi connectivity index (χ4n) is 3.84. The van der Waals surface area contributed by atoms with Gasteiger partial charge in [0.05, 0.1) is 5.56 Å². The molecule has 0 aromatic heterocycles. The standard InChI is InChI=1S/C23H26F3N3O3/c24-23(25,26)19-2-1-3-20(16-19)29-14-12-28(13-15-29)11-10-17-4-6-18(7-5-17)21(27-32)8-9-22(30)31/h1-7,16,21H,8-15H2,(H,30,31). The summed E-state index contributed by atoms with van der Waals surface area (Å²) in [5.74, 6) is -0.955. The smallest absolute Gasteiger partial charge is 0.416 e. The molecule has 1 fully saturated rings. The maximum Gasteiger partial charge on any atom is 0.416 e. The summed E-state index contributed by atoms with van der Waals surface area (Å²) in [7, 11) is 0. The van der Waals surface area contributed by atoms with Crippen LogP contribution in [0.4, 0.5) is 18.9 Å². The number of rotatable bonds is 9. The summed E-state index contributed by atoms with van der Waals surface area (Å²) in [6.45, 7) is 3.68.